The van der Waals surface area contributed by atoms with Crippen molar-refractivity contribution in [3.8, 4) is 0 Å². The van der Waals surface area contributed by atoms with Gasteiger partial charge in [-0.2, -0.15) is 0 Å². The molecule has 0 aliphatic carbocycles. The quantitative estimate of drug-likeness (QED) is 0.645. The minimum absolute atomic E-state index is 0.162. The Bertz CT molecular complexity index is 552. The van der Waals surface area contributed by atoms with E-state index in [0.29, 0.717) is 4.47 Å². The zero-order valence-corrected chi connectivity index (χ0v) is 11.5. The lowest BCUT2D eigenvalue weighted by Crippen LogP contribution is -2.44. The molecule has 0 aliphatic rings. The third kappa shape index (κ3) is 4.84. The van der Waals surface area contributed by atoms with Crippen molar-refractivity contribution in [2.45, 2.75) is 12.5 Å². The first-order chi connectivity index (χ1) is 9.29. The number of anilines is 1. The van der Waals surface area contributed by atoms with E-state index in [1.165, 1.54) is 12.1 Å². The van der Waals surface area contributed by atoms with E-state index in [4.69, 9.17) is 10.2 Å². The minimum Gasteiger partial charge on any atom is -0.481 e. The predicted molar refractivity (Wildman–Crippen MR) is 69.9 cm³/mol. The van der Waals surface area contributed by atoms with Gasteiger partial charge in [0.1, 0.15) is 11.9 Å². The summed E-state index contributed by atoms with van der Waals surface area (Å²) >= 11 is 3.04. The maximum Gasteiger partial charge on any atom is 0.326 e. The van der Waals surface area contributed by atoms with E-state index in [1.54, 1.807) is 0 Å². The number of carbonyl (C=O) groups excluding carboxylic acids is 1. The van der Waals surface area contributed by atoms with Crippen LogP contribution < -0.4 is 10.6 Å². The molecule has 1 aromatic carbocycles. The van der Waals surface area contributed by atoms with Gasteiger partial charge in [0.25, 0.3) is 0 Å². The molecule has 0 radical (unpaired) electrons. The van der Waals surface area contributed by atoms with Gasteiger partial charge in [0.05, 0.1) is 12.1 Å². The molecule has 2 amide bonds. The van der Waals surface area contributed by atoms with Crippen molar-refractivity contribution in [1.82, 2.24) is 5.32 Å². The Kier molecular flexibility index (Phi) is 5.44. The highest BCUT2D eigenvalue weighted by Crippen LogP contribution is 2.19. The maximum absolute atomic E-state index is 13.4. The van der Waals surface area contributed by atoms with Crippen LogP contribution in [0, 0.1) is 5.82 Å². The lowest BCUT2D eigenvalue weighted by Gasteiger charge is -2.13. The molecule has 0 unspecified atom stereocenters. The molecule has 20 heavy (non-hydrogen) atoms. The van der Waals surface area contributed by atoms with Crippen molar-refractivity contribution in [2.75, 3.05) is 5.32 Å². The zero-order chi connectivity index (χ0) is 15.3. The van der Waals surface area contributed by atoms with E-state index in [1.807, 2.05) is 5.32 Å². The molecule has 1 aromatic rings. The number of halogens is 2. The number of hydrogen-bond donors (Lipinski definition) is 4. The van der Waals surface area contributed by atoms with Gasteiger partial charge < -0.3 is 20.8 Å². The standard InChI is InChI=1S/C11H10BrFN2O5/c12-5-1-2-7(6(13)3-5)14-11(20)15-8(10(18)19)4-9(16)17/h1-3,8H,4H2,(H,16,17)(H,18,19)(H2,14,15,20)/t8-/m1/s1. The SMILES string of the molecule is O=C(O)C[C@@H](NC(=O)Nc1ccc(Br)cc1F)C(=O)O. The van der Waals surface area contributed by atoms with Gasteiger partial charge in [-0.3, -0.25) is 4.79 Å². The molecule has 0 heterocycles. The highest BCUT2D eigenvalue weighted by Gasteiger charge is 2.23. The summed E-state index contributed by atoms with van der Waals surface area (Å²) in [7, 11) is 0. The molecule has 0 fully saturated rings. The first-order valence-electron chi connectivity index (χ1n) is 5.26. The van der Waals surface area contributed by atoms with Crippen molar-refractivity contribution >= 4 is 39.6 Å². The van der Waals surface area contributed by atoms with Crippen LogP contribution >= 0.6 is 15.9 Å². The molecule has 0 aromatic heterocycles. The van der Waals surface area contributed by atoms with Gasteiger partial charge in [0, 0.05) is 4.47 Å². The van der Waals surface area contributed by atoms with Crippen LogP contribution in [0.1, 0.15) is 6.42 Å². The Morgan fingerprint density at radius 1 is 1.30 bits per heavy atom. The van der Waals surface area contributed by atoms with E-state index in [9.17, 15) is 18.8 Å². The number of hydrogen-bond acceptors (Lipinski definition) is 3. The summed E-state index contributed by atoms with van der Waals surface area (Å²) in [5.41, 5.74) is -0.162. The van der Waals surface area contributed by atoms with E-state index in [2.05, 4.69) is 21.2 Å². The lowest BCUT2D eigenvalue weighted by molar-refractivity contribution is -0.145. The van der Waals surface area contributed by atoms with Gasteiger partial charge in [0.2, 0.25) is 0 Å². The normalized spacial score (nSPS) is 11.5. The molecule has 0 aliphatic heterocycles. The molecule has 9 heteroatoms. The van der Waals surface area contributed by atoms with Gasteiger partial charge >= 0.3 is 18.0 Å². The number of rotatable bonds is 5. The van der Waals surface area contributed by atoms with Gasteiger partial charge in [-0.1, -0.05) is 15.9 Å². The van der Waals surface area contributed by atoms with E-state index in [0.717, 1.165) is 6.07 Å². The van der Waals surface area contributed by atoms with Crippen LogP contribution in [0.5, 0.6) is 0 Å². The Morgan fingerprint density at radius 2 is 1.95 bits per heavy atom. The number of nitrogens with one attached hydrogen (secondary N) is 2. The Labute approximate surface area is 120 Å². The highest BCUT2D eigenvalue weighted by atomic mass is 79.9. The summed E-state index contributed by atoms with van der Waals surface area (Å²) < 4.78 is 13.9. The Hall–Kier alpha value is -2.16. The average molecular weight is 349 g/mol. The predicted octanol–water partition coefficient (Wildman–Crippen LogP) is 1.64. The van der Waals surface area contributed by atoms with Crippen LogP contribution in [0.25, 0.3) is 0 Å². The topological polar surface area (TPSA) is 116 Å². The van der Waals surface area contributed by atoms with Crippen LogP contribution in [0.2, 0.25) is 0 Å². The van der Waals surface area contributed by atoms with Crippen LogP contribution in [-0.4, -0.2) is 34.2 Å². The number of amides is 2. The summed E-state index contributed by atoms with van der Waals surface area (Å²) in [6.45, 7) is 0. The third-order valence-corrected chi connectivity index (χ3v) is 2.65. The zero-order valence-electron chi connectivity index (χ0n) is 9.89. The number of carbonyl (C=O) groups is 3. The van der Waals surface area contributed by atoms with E-state index < -0.39 is 36.2 Å². The van der Waals surface area contributed by atoms with Gasteiger partial charge in [-0.05, 0) is 18.2 Å². The lowest BCUT2D eigenvalue weighted by atomic mass is 10.2. The fourth-order valence-electron chi connectivity index (χ4n) is 1.28. The number of benzene rings is 1. The number of aliphatic carboxylic acids is 2. The van der Waals surface area contributed by atoms with Crippen LogP contribution in [0.3, 0.4) is 0 Å². The van der Waals surface area contributed by atoms with Crippen molar-refractivity contribution < 1.29 is 29.0 Å². The van der Waals surface area contributed by atoms with Crippen molar-refractivity contribution in [3.63, 3.8) is 0 Å². The maximum atomic E-state index is 13.4. The fourth-order valence-corrected chi connectivity index (χ4v) is 1.62. The van der Waals surface area contributed by atoms with Crippen molar-refractivity contribution in [2.24, 2.45) is 0 Å². The fraction of sp³-hybridized carbons (Fsp3) is 0.182. The van der Waals surface area contributed by atoms with Crippen LogP contribution in [0.4, 0.5) is 14.9 Å². The Morgan fingerprint density at radius 3 is 2.45 bits per heavy atom. The first kappa shape index (κ1) is 15.9. The molecule has 0 bridgehead atoms. The van der Waals surface area contributed by atoms with Gasteiger partial charge in [-0.15, -0.1) is 0 Å². The second-order valence-electron chi connectivity index (χ2n) is 3.71. The molecule has 0 saturated carbocycles. The molecule has 108 valence electrons. The smallest absolute Gasteiger partial charge is 0.326 e. The average Bonchev–Trinajstić information content (AvgIpc) is 2.31. The van der Waals surface area contributed by atoms with Gasteiger partial charge in [-0.25, -0.2) is 14.0 Å². The molecular formula is C11H10BrFN2O5. The van der Waals surface area contributed by atoms with Crippen LogP contribution in [0.15, 0.2) is 22.7 Å². The molecule has 1 rings (SSSR count). The van der Waals surface area contributed by atoms with Gasteiger partial charge in [0.15, 0.2) is 0 Å². The number of carboxylic acid groups (broad SMARTS) is 2. The summed E-state index contributed by atoms with van der Waals surface area (Å²) in [5, 5.41) is 21.3. The van der Waals surface area contributed by atoms with Crippen molar-refractivity contribution in [3.05, 3.63) is 28.5 Å². The number of urea groups is 1. The summed E-state index contributed by atoms with van der Waals surface area (Å²) in [6.07, 6.45) is -0.786. The summed E-state index contributed by atoms with van der Waals surface area (Å²) in [6, 6.07) is 1.24. The summed E-state index contributed by atoms with van der Waals surface area (Å²) in [5.74, 6) is -3.61. The second-order valence-corrected chi connectivity index (χ2v) is 4.63. The number of carboxylic acids is 2. The molecule has 1 atom stereocenters. The van der Waals surface area contributed by atoms with Crippen molar-refractivity contribution in [1.29, 1.82) is 0 Å². The highest BCUT2D eigenvalue weighted by molar-refractivity contribution is 9.10. The van der Waals surface area contributed by atoms with E-state index in [-0.39, 0.29) is 5.69 Å². The molecular weight excluding hydrogens is 339 g/mol. The summed E-state index contributed by atoms with van der Waals surface area (Å²) in [4.78, 5) is 32.7. The minimum atomic E-state index is -1.61. The molecule has 7 nitrogen and oxygen atoms in total. The Balaban J connectivity index is 2.70. The van der Waals surface area contributed by atoms with Crippen LogP contribution in [-0.2, 0) is 9.59 Å². The monoisotopic (exact) mass is 348 g/mol. The van der Waals surface area contributed by atoms with E-state index >= 15 is 0 Å². The largest absolute Gasteiger partial charge is 0.481 e. The first-order valence-corrected chi connectivity index (χ1v) is 6.06. The second kappa shape index (κ2) is 6.85. The molecule has 0 spiro atoms. The molecule has 4 N–H and O–H groups in total. The molecule has 0 saturated heterocycles. The third-order valence-electron chi connectivity index (χ3n) is 2.16.